The van der Waals surface area contributed by atoms with Crippen LogP contribution >= 0.6 is 0 Å². The molecule has 0 aliphatic heterocycles. The molecule has 0 aromatic heterocycles. The summed E-state index contributed by atoms with van der Waals surface area (Å²) in [6.45, 7) is 0. The molecule has 0 radical (unpaired) electrons. The van der Waals surface area contributed by atoms with E-state index in [0.29, 0.717) is 18.4 Å². The lowest BCUT2D eigenvalue weighted by molar-refractivity contribution is -0.164. The van der Waals surface area contributed by atoms with Crippen LogP contribution in [-0.2, 0) is 16.0 Å². The van der Waals surface area contributed by atoms with Crippen LogP contribution in [0.25, 0.3) is 0 Å². The smallest absolute Gasteiger partial charge is 0.378 e. The fraction of sp³-hybridized carbons (Fsp3) is 0.562. The molecular weight excluding hydrogens is 295 g/mol. The number of nitrogens with one attached hydrogen (secondary N) is 1. The minimum atomic E-state index is -4.48. The van der Waals surface area contributed by atoms with E-state index in [4.69, 9.17) is 4.74 Å². The highest BCUT2D eigenvalue weighted by molar-refractivity contribution is 5.77. The summed E-state index contributed by atoms with van der Waals surface area (Å²) in [7, 11) is 1.50. The lowest BCUT2D eigenvalue weighted by atomic mass is 9.77. The Morgan fingerprint density at radius 3 is 2.41 bits per heavy atom. The fourth-order valence-corrected chi connectivity index (χ4v) is 2.66. The maximum atomic E-state index is 13.1. The van der Waals surface area contributed by atoms with E-state index < -0.39 is 23.7 Å². The van der Waals surface area contributed by atoms with Gasteiger partial charge in [0.25, 0.3) is 0 Å². The molecule has 1 N–H and O–H groups in total. The van der Waals surface area contributed by atoms with Crippen molar-refractivity contribution in [3.05, 3.63) is 35.9 Å². The van der Waals surface area contributed by atoms with E-state index in [2.05, 4.69) is 5.32 Å². The van der Waals surface area contributed by atoms with Gasteiger partial charge in [-0.05, 0) is 24.8 Å². The Bertz CT molecular complexity index is 492. The maximum absolute atomic E-state index is 13.1. The number of methoxy groups -OCH3 is 1. The molecule has 22 heavy (non-hydrogen) atoms. The molecule has 6 heteroatoms. The second kappa shape index (κ2) is 6.69. The molecule has 3 nitrogen and oxygen atoms in total. The van der Waals surface area contributed by atoms with Gasteiger partial charge in [0, 0.05) is 13.5 Å². The minimum Gasteiger partial charge on any atom is -0.378 e. The van der Waals surface area contributed by atoms with Gasteiger partial charge in [0.15, 0.2) is 0 Å². The summed E-state index contributed by atoms with van der Waals surface area (Å²) in [5.74, 6) is -0.611. The molecule has 1 saturated carbocycles. The zero-order chi connectivity index (χ0) is 16.2. The Kier molecular flexibility index (Phi) is 5.11. The van der Waals surface area contributed by atoms with E-state index in [9.17, 15) is 18.0 Å². The summed E-state index contributed by atoms with van der Waals surface area (Å²) >= 11 is 0. The summed E-state index contributed by atoms with van der Waals surface area (Å²) in [5.41, 5.74) is -0.0392. The van der Waals surface area contributed by atoms with E-state index in [1.165, 1.54) is 7.11 Å². The summed E-state index contributed by atoms with van der Waals surface area (Å²) in [5, 5.41) is 2.12. The standard InChI is InChI=1S/C16H20F3NO2/c1-22-15(8-5-9-15)11-14(21)20-13(16(17,18)19)10-12-6-3-2-4-7-12/h2-4,6-7,13H,5,8-11H2,1H3,(H,20,21). The minimum absolute atomic E-state index is 0.0229. The van der Waals surface area contributed by atoms with Gasteiger partial charge >= 0.3 is 6.18 Å². The third-order valence-corrected chi connectivity index (χ3v) is 4.19. The first-order chi connectivity index (χ1) is 10.3. The lowest BCUT2D eigenvalue weighted by Crippen LogP contribution is -2.50. The van der Waals surface area contributed by atoms with Gasteiger partial charge in [-0.15, -0.1) is 0 Å². The number of ether oxygens (including phenoxy) is 1. The Morgan fingerprint density at radius 2 is 1.95 bits per heavy atom. The van der Waals surface area contributed by atoms with Gasteiger partial charge < -0.3 is 10.1 Å². The molecule has 2 rings (SSSR count). The number of rotatable bonds is 6. The van der Waals surface area contributed by atoms with E-state index in [1.807, 2.05) is 0 Å². The summed E-state index contributed by atoms with van der Waals surface area (Å²) in [6.07, 6.45) is -2.40. The highest BCUT2D eigenvalue weighted by Gasteiger charge is 2.43. The highest BCUT2D eigenvalue weighted by atomic mass is 19.4. The molecule has 1 aromatic rings. The molecule has 1 unspecified atom stereocenters. The van der Waals surface area contributed by atoms with Crippen LogP contribution in [0.2, 0.25) is 0 Å². The van der Waals surface area contributed by atoms with Crippen molar-refractivity contribution in [2.75, 3.05) is 7.11 Å². The summed E-state index contributed by atoms with van der Waals surface area (Å²) < 4.78 is 44.7. The van der Waals surface area contributed by atoms with Gasteiger partial charge in [0.05, 0.1) is 12.0 Å². The maximum Gasteiger partial charge on any atom is 0.408 e. The van der Waals surface area contributed by atoms with Crippen LogP contribution < -0.4 is 5.32 Å². The van der Waals surface area contributed by atoms with Crippen LogP contribution in [0.1, 0.15) is 31.2 Å². The van der Waals surface area contributed by atoms with Crippen LogP contribution in [0.4, 0.5) is 13.2 Å². The Morgan fingerprint density at radius 1 is 1.32 bits per heavy atom. The Hall–Kier alpha value is -1.56. The number of hydrogen-bond donors (Lipinski definition) is 1. The van der Waals surface area contributed by atoms with Gasteiger partial charge in [-0.2, -0.15) is 13.2 Å². The molecule has 1 amide bonds. The van der Waals surface area contributed by atoms with Crippen molar-refractivity contribution >= 4 is 5.91 Å². The molecule has 122 valence electrons. The third kappa shape index (κ3) is 4.22. The SMILES string of the molecule is COC1(CC(=O)NC(Cc2ccccc2)C(F)(F)F)CCC1. The number of amides is 1. The second-order valence-corrected chi connectivity index (χ2v) is 5.77. The van der Waals surface area contributed by atoms with E-state index in [0.717, 1.165) is 6.42 Å². The van der Waals surface area contributed by atoms with Crippen molar-refractivity contribution in [2.45, 2.75) is 49.9 Å². The van der Waals surface area contributed by atoms with Crippen molar-refractivity contribution in [1.29, 1.82) is 0 Å². The Balaban J connectivity index is 1.99. The number of halogens is 3. The molecule has 1 aromatic carbocycles. The molecule has 0 spiro atoms. The Labute approximate surface area is 127 Å². The van der Waals surface area contributed by atoms with Crippen molar-refractivity contribution in [3.63, 3.8) is 0 Å². The molecule has 0 saturated heterocycles. The third-order valence-electron chi connectivity index (χ3n) is 4.19. The molecule has 1 aliphatic carbocycles. The van der Waals surface area contributed by atoms with Crippen molar-refractivity contribution < 1.29 is 22.7 Å². The molecular formula is C16H20F3NO2. The molecule has 1 aliphatic rings. The zero-order valence-electron chi connectivity index (χ0n) is 12.5. The largest absolute Gasteiger partial charge is 0.408 e. The average Bonchev–Trinajstić information content (AvgIpc) is 2.42. The predicted octanol–water partition coefficient (Wildman–Crippen LogP) is 3.24. The molecule has 1 atom stereocenters. The number of carbonyl (C=O) groups excluding carboxylic acids is 1. The van der Waals surface area contributed by atoms with Gasteiger partial charge in [0.1, 0.15) is 6.04 Å². The predicted molar refractivity (Wildman–Crippen MR) is 76.3 cm³/mol. The van der Waals surface area contributed by atoms with Gasteiger partial charge in [-0.25, -0.2) is 0 Å². The van der Waals surface area contributed by atoms with Gasteiger partial charge in [-0.1, -0.05) is 30.3 Å². The highest BCUT2D eigenvalue weighted by Crippen LogP contribution is 2.38. The van der Waals surface area contributed by atoms with Gasteiger partial charge in [-0.3, -0.25) is 4.79 Å². The van der Waals surface area contributed by atoms with E-state index >= 15 is 0 Å². The van der Waals surface area contributed by atoms with E-state index in [1.54, 1.807) is 30.3 Å². The summed E-state index contributed by atoms with van der Waals surface area (Å²) in [6, 6.07) is 6.46. The first kappa shape index (κ1) is 16.8. The molecule has 0 heterocycles. The van der Waals surface area contributed by atoms with E-state index in [-0.39, 0.29) is 12.8 Å². The number of carbonyl (C=O) groups is 1. The first-order valence-electron chi connectivity index (χ1n) is 7.30. The number of benzene rings is 1. The molecule has 1 fully saturated rings. The van der Waals surface area contributed by atoms with Crippen molar-refractivity contribution in [1.82, 2.24) is 5.32 Å². The van der Waals surface area contributed by atoms with Crippen LogP contribution in [-0.4, -0.2) is 30.8 Å². The van der Waals surface area contributed by atoms with Crippen LogP contribution in [0.5, 0.6) is 0 Å². The van der Waals surface area contributed by atoms with Crippen molar-refractivity contribution in [3.8, 4) is 0 Å². The number of alkyl halides is 3. The van der Waals surface area contributed by atoms with Crippen LogP contribution in [0, 0.1) is 0 Å². The van der Waals surface area contributed by atoms with Crippen LogP contribution in [0.3, 0.4) is 0 Å². The normalized spacial score (nSPS) is 18.4. The summed E-state index contributed by atoms with van der Waals surface area (Å²) in [4.78, 5) is 12.0. The van der Waals surface area contributed by atoms with Crippen molar-refractivity contribution in [2.24, 2.45) is 0 Å². The second-order valence-electron chi connectivity index (χ2n) is 5.77. The fourth-order valence-electron chi connectivity index (χ4n) is 2.66. The van der Waals surface area contributed by atoms with Gasteiger partial charge in [0.2, 0.25) is 5.91 Å². The molecule has 0 bridgehead atoms. The topological polar surface area (TPSA) is 38.3 Å². The average molecular weight is 315 g/mol. The number of hydrogen-bond acceptors (Lipinski definition) is 2. The monoisotopic (exact) mass is 315 g/mol. The van der Waals surface area contributed by atoms with Crippen LogP contribution in [0.15, 0.2) is 30.3 Å². The zero-order valence-corrected chi connectivity index (χ0v) is 12.5. The quantitative estimate of drug-likeness (QED) is 0.875. The lowest BCUT2D eigenvalue weighted by Gasteiger charge is -2.40. The first-order valence-corrected chi connectivity index (χ1v) is 7.30.